The van der Waals surface area contributed by atoms with Crippen LogP contribution < -0.4 is 0 Å². The lowest BCUT2D eigenvalue weighted by atomic mass is 10.2. The Morgan fingerprint density at radius 1 is 1.45 bits per heavy atom. The molecule has 11 heavy (non-hydrogen) atoms. The maximum absolute atomic E-state index is 10.5. The highest BCUT2D eigenvalue weighted by Crippen LogP contribution is 2.25. The number of carboxylic acid groups (broad SMARTS) is 1. The highest BCUT2D eigenvalue weighted by Gasteiger charge is 2.07. The van der Waals surface area contributed by atoms with E-state index in [0.717, 1.165) is 11.0 Å². The van der Waals surface area contributed by atoms with Gasteiger partial charge in [-0.05, 0) is 33.8 Å². The molecule has 0 aliphatic carbocycles. The maximum atomic E-state index is 10.5. The van der Waals surface area contributed by atoms with E-state index in [1.54, 1.807) is 18.2 Å². The van der Waals surface area contributed by atoms with Gasteiger partial charge in [0, 0.05) is 4.90 Å². The topological polar surface area (TPSA) is 37.3 Å². The zero-order valence-corrected chi connectivity index (χ0v) is 7.02. The lowest BCUT2D eigenvalue weighted by molar-refractivity contribution is 0.0693. The van der Waals surface area contributed by atoms with Crippen molar-refractivity contribution in [1.29, 1.82) is 0 Å². The van der Waals surface area contributed by atoms with Gasteiger partial charge in [-0.1, -0.05) is 12.1 Å². The van der Waals surface area contributed by atoms with Crippen LogP contribution >= 0.6 is 21.7 Å². The fraction of sp³-hybridized carbons (Fsp3) is 0. The van der Waals surface area contributed by atoms with Gasteiger partial charge < -0.3 is 5.11 Å². The lowest BCUT2D eigenvalue weighted by Gasteiger charge is -1.98. The number of benzene rings is 1. The second-order valence-corrected chi connectivity index (χ2v) is 2.94. The van der Waals surface area contributed by atoms with Crippen LogP contribution in [-0.4, -0.2) is 11.1 Å². The fourth-order valence-electron chi connectivity index (χ4n) is 0.711. The van der Waals surface area contributed by atoms with Gasteiger partial charge in [0.15, 0.2) is 0 Å². The number of hydrogen-bond acceptors (Lipinski definition) is 2. The smallest absolute Gasteiger partial charge is 0.336 e. The first-order valence-electron chi connectivity index (χ1n) is 2.86. The van der Waals surface area contributed by atoms with E-state index in [1.165, 1.54) is 6.07 Å². The summed E-state index contributed by atoms with van der Waals surface area (Å²) in [5, 5.41) is 8.62. The van der Waals surface area contributed by atoms with E-state index in [4.69, 9.17) is 15.8 Å². The third-order valence-corrected chi connectivity index (χ3v) is 2.22. The van der Waals surface area contributed by atoms with E-state index in [2.05, 4.69) is 0 Å². The Bertz CT molecular complexity index is 275. The fourth-order valence-corrected chi connectivity index (χ4v) is 1.48. The van der Waals surface area contributed by atoms with Gasteiger partial charge in [0.1, 0.15) is 0 Å². The first-order chi connectivity index (χ1) is 5.25. The van der Waals surface area contributed by atoms with Crippen LogP contribution in [0.2, 0.25) is 0 Å². The minimum atomic E-state index is -0.950. The minimum Gasteiger partial charge on any atom is -0.478 e. The van der Waals surface area contributed by atoms with Crippen LogP contribution in [0.25, 0.3) is 0 Å². The molecule has 0 amide bonds. The molecule has 1 aromatic carbocycles. The standard InChI is InChI=1S/C7H5ClO2S/c8-11-6-4-2-1-3-5(6)7(9)10/h1-4H,(H,9,10). The molecule has 0 fully saturated rings. The Morgan fingerprint density at radius 3 is 2.55 bits per heavy atom. The number of hydrogen-bond donors (Lipinski definition) is 1. The molecule has 0 saturated heterocycles. The van der Waals surface area contributed by atoms with Crippen LogP contribution in [0.4, 0.5) is 0 Å². The first-order valence-corrected chi connectivity index (χ1v) is 4.51. The van der Waals surface area contributed by atoms with Crippen molar-refractivity contribution >= 4 is 27.6 Å². The van der Waals surface area contributed by atoms with E-state index in [-0.39, 0.29) is 5.56 Å². The molecule has 0 radical (unpaired) electrons. The molecule has 1 N–H and O–H groups in total. The first kappa shape index (κ1) is 8.43. The van der Waals surface area contributed by atoms with Crippen molar-refractivity contribution < 1.29 is 9.90 Å². The van der Waals surface area contributed by atoms with Crippen LogP contribution in [0.5, 0.6) is 0 Å². The quantitative estimate of drug-likeness (QED) is 0.776. The molecule has 0 aliphatic rings. The zero-order chi connectivity index (χ0) is 8.27. The molecule has 0 atom stereocenters. The van der Waals surface area contributed by atoms with Gasteiger partial charge in [-0.2, -0.15) is 0 Å². The van der Waals surface area contributed by atoms with Crippen molar-refractivity contribution in [2.75, 3.05) is 0 Å². The van der Waals surface area contributed by atoms with Crippen molar-refractivity contribution in [1.82, 2.24) is 0 Å². The highest BCUT2D eigenvalue weighted by atomic mass is 35.7. The van der Waals surface area contributed by atoms with Gasteiger partial charge >= 0.3 is 5.97 Å². The Balaban J connectivity index is 3.12. The molecule has 0 heterocycles. The third kappa shape index (κ3) is 1.88. The van der Waals surface area contributed by atoms with Crippen LogP contribution in [-0.2, 0) is 0 Å². The van der Waals surface area contributed by atoms with Gasteiger partial charge in [0.25, 0.3) is 0 Å². The molecule has 0 bridgehead atoms. The number of aromatic carboxylic acids is 1. The predicted octanol–water partition coefficient (Wildman–Crippen LogP) is 2.63. The number of carboxylic acids is 1. The van der Waals surface area contributed by atoms with Gasteiger partial charge in [-0.3, -0.25) is 0 Å². The van der Waals surface area contributed by atoms with E-state index >= 15 is 0 Å². The molecule has 1 rings (SSSR count). The molecule has 0 unspecified atom stereocenters. The molecule has 2 nitrogen and oxygen atoms in total. The molecule has 1 aromatic rings. The molecule has 0 aromatic heterocycles. The van der Waals surface area contributed by atoms with E-state index in [9.17, 15) is 4.79 Å². The van der Waals surface area contributed by atoms with Crippen molar-refractivity contribution in [2.24, 2.45) is 0 Å². The van der Waals surface area contributed by atoms with E-state index < -0.39 is 5.97 Å². The summed E-state index contributed by atoms with van der Waals surface area (Å²) in [6.45, 7) is 0. The van der Waals surface area contributed by atoms with Gasteiger partial charge in [0.05, 0.1) is 5.56 Å². The van der Waals surface area contributed by atoms with Crippen molar-refractivity contribution in [3.05, 3.63) is 29.8 Å². The minimum absolute atomic E-state index is 0.243. The van der Waals surface area contributed by atoms with Crippen molar-refractivity contribution in [3.8, 4) is 0 Å². The second-order valence-electron chi connectivity index (χ2n) is 1.88. The maximum Gasteiger partial charge on any atom is 0.336 e. The summed E-state index contributed by atoms with van der Waals surface area (Å²) in [6, 6.07) is 6.60. The predicted molar refractivity (Wildman–Crippen MR) is 45.1 cm³/mol. The summed E-state index contributed by atoms with van der Waals surface area (Å²) in [5.41, 5.74) is 0.243. The molecule has 4 heteroatoms. The van der Waals surface area contributed by atoms with Gasteiger partial charge in [-0.15, -0.1) is 0 Å². The number of rotatable bonds is 2. The second kappa shape index (κ2) is 3.64. The summed E-state index contributed by atoms with van der Waals surface area (Å²) < 4.78 is 0. The summed E-state index contributed by atoms with van der Waals surface area (Å²) in [4.78, 5) is 11.1. The largest absolute Gasteiger partial charge is 0.478 e. The summed E-state index contributed by atoms with van der Waals surface area (Å²) >= 11 is 0. The van der Waals surface area contributed by atoms with E-state index in [1.807, 2.05) is 0 Å². The van der Waals surface area contributed by atoms with Gasteiger partial charge in [0.2, 0.25) is 0 Å². The zero-order valence-electron chi connectivity index (χ0n) is 5.45. The summed E-state index contributed by atoms with van der Waals surface area (Å²) in [6.07, 6.45) is 0. The average molecular weight is 189 g/mol. The normalized spacial score (nSPS) is 9.55. The van der Waals surface area contributed by atoms with Crippen LogP contribution in [0.15, 0.2) is 29.2 Å². The Hall–Kier alpha value is -0.670. The van der Waals surface area contributed by atoms with Crippen molar-refractivity contribution in [3.63, 3.8) is 0 Å². The van der Waals surface area contributed by atoms with Crippen molar-refractivity contribution in [2.45, 2.75) is 4.90 Å². The van der Waals surface area contributed by atoms with Crippen LogP contribution in [0.1, 0.15) is 10.4 Å². The molecular formula is C7H5ClO2S. The molecule has 0 saturated carbocycles. The Kier molecular flexibility index (Phi) is 2.79. The Labute approximate surface area is 72.7 Å². The molecular weight excluding hydrogens is 184 g/mol. The van der Waals surface area contributed by atoms with Crippen LogP contribution in [0, 0.1) is 0 Å². The van der Waals surface area contributed by atoms with Crippen LogP contribution in [0.3, 0.4) is 0 Å². The number of carbonyl (C=O) groups is 1. The van der Waals surface area contributed by atoms with E-state index in [0.29, 0.717) is 4.90 Å². The monoisotopic (exact) mass is 188 g/mol. The average Bonchev–Trinajstić information content (AvgIpc) is 2.04. The summed E-state index contributed by atoms with van der Waals surface area (Å²) in [7, 11) is 6.34. The molecule has 0 aliphatic heterocycles. The SMILES string of the molecule is O=C(O)c1ccccc1SCl. The third-order valence-electron chi connectivity index (χ3n) is 1.20. The lowest BCUT2D eigenvalue weighted by Crippen LogP contribution is -1.96. The molecule has 0 spiro atoms. The summed E-state index contributed by atoms with van der Waals surface area (Å²) in [5.74, 6) is -0.950. The van der Waals surface area contributed by atoms with Gasteiger partial charge in [-0.25, -0.2) is 4.79 Å². The highest BCUT2D eigenvalue weighted by molar-refractivity contribution is 8.21. The number of halogens is 1. The molecule has 58 valence electrons. The Morgan fingerprint density at radius 2 is 2.09 bits per heavy atom.